The number of aromatic nitrogens is 1. The van der Waals surface area contributed by atoms with Crippen LogP contribution in [0.5, 0.6) is 0 Å². The van der Waals surface area contributed by atoms with Gasteiger partial charge in [-0.25, -0.2) is 9.37 Å². The molecular formula is C15H16ClFN2. The van der Waals surface area contributed by atoms with E-state index in [-0.39, 0.29) is 5.82 Å². The van der Waals surface area contributed by atoms with E-state index in [4.69, 9.17) is 11.6 Å². The van der Waals surface area contributed by atoms with E-state index in [0.717, 1.165) is 22.8 Å². The fourth-order valence-electron chi connectivity index (χ4n) is 2.06. The normalized spacial score (nSPS) is 10.5. The first-order valence-electron chi connectivity index (χ1n) is 6.20. The van der Waals surface area contributed by atoms with Gasteiger partial charge in [-0.1, -0.05) is 6.07 Å². The van der Waals surface area contributed by atoms with Gasteiger partial charge in [-0.05, 0) is 49.7 Å². The maximum atomic E-state index is 13.3. The SMILES string of the molecule is CCN(c1cccc(F)c1)c1cc(CCl)cc(C)n1. The summed E-state index contributed by atoms with van der Waals surface area (Å²) in [5.74, 6) is 0.988. The molecule has 4 heteroatoms. The second kappa shape index (κ2) is 6.02. The number of hydrogen-bond donors (Lipinski definition) is 0. The number of rotatable bonds is 4. The highest BCUT2D eigenvalue weighted by molar-refractivity contribution is 6.17. The van der Waals surface area contributed by atoms with Gasteiger partial charge < -0.3 is 4.90 Å². The number of benzene rings is 1. The molecule has 2 rings (SSSR count). The van der Waals surface area contributed by atoms with Crippen LogP contribution in [-0.2, 0) is 5.88 Å². The fraction of sp³-hybridized carbons (Fsp3) is 0.267. The van der Waals surface area contributed by atoms with Gasteiger partial charge >= 0.3 is 0 Å². The van der Waals surface area contributed by atoms with E-state index in [1.165, 1.54) is 12.1 Å². The number of pyridine rings is 1. The van der Waals surface area contributed by atoms with Crippen molar-refractivity contribution in [2.75, 3.05) is 11.4 Å². The lowest BCUT2D eigenvalue weighted by Crippen LogP contribution is -2.18. The Morgan fingerprint density at radius 2 is 2.05 bits per heavy atom. The van der Waals surface area contributed by atoms with Crippen LogP contribution in [0, 0.1) is 12.7 Å². The van der Waals surface area contributed by atoms with E-state index in [2.05, 4.69) is 4.98 Å². The van der Waals surface area contributed by atoms with Gasteiger partial charge in [-0.15, -0.1) is 11.6 Å². The summed E-state index contributed by atoms with van der Waals surface area (Å²) in [5.41, 5.74) is 2.71. The number of halogens is 2. The summed E-state index contributed by atoms with van der Waals surface area (Å²) in [5, 5.41) is 0. The Kier molecular flexibility index (Phi) is 4.38. The molecule has 0 spiro atoms. The first kappa shape index (κ1) is 13.8. The molecule has 2 aromatic rings. The molecule has 0 saturated carbocycles. The second-order valence-electron chi connectivity index (χ2n) is 4.33. The average Bonchev–Trinajstić information content (AvgIpc) is 2.39. The van der Waals surface area contributed by atoms with Gasteiger partial charge in [0, 0.05) is 23.8 Å². The molecule has 0 amide bonds. The Morgan fingerprint density at radius 1 is 1.26 bits per heavy atom. The first-order valence-corrected chi connectivity index (χ1v) is 6.74. The average molecular weight is 279 g/mol. The highest BCUT2D eigenvalue weighted by atomic mass is 35.5. The molecule has 100 valence electrons. The van der Waals surface area contributed by atoms with Crippen molar-refractivity contribution in [1.82, 2.24) is 4.98 Å². The summed E-state index contributed by atoms with van der Waals surface area (Å²) in [7, 11) is 0. The Bertz CT molecular complexity index is 572. The highest BCUT2D eigenvalue weighted by Crippen LogP contribution is 2.25. The number of aryl methyl sites for hydroxylation is 1. The van der Waals surface area contributed by atoms with Crippen molar-refractivity contribution in [3.63, 3.8) is 0 Å². The maximum absolute atomic E-state index is 13.3. The highest BCUT2D eigenvalue weighted by Gasteiger charge is 2.10. The zero-order valence-electron chi connectivity index (χ0n) is 11.0. The van der Waals surface area contributed by atoms with Crippen LogP contribution in [0.25, 0.3) is 0 Å². The van der Waals surface area contributed by atoms with E-state index in [1.807, 2.05) is 36.9 Å². The Labute approximate surface area is 117 Å². The Morgan fingerprint density at radius 3 is 2.68 bits per heavy atom. The number of alkyl halides is 1. The Balaban J connectivity index is 2.44. The molecule has 1 aromatic carbocycles. The molecule has 0 fully saturated rings. The van der Waals surface area contributed by atoms with E-state index >= 15 is 0 Å². The van der Waals surface area contributed by atoms with E-state index in [9.17, 15) is 4.39 Å². The van der Waals surface area contributed by atoms with Crippen molar-refractivity contribution in [2.45, 2.75) is 19.7 Å². The third-order valence-corrected chi connectivity index (χ3v) is 3.18. The maximum Gasteiger partial charge on any atom is 0.133 e. The quantitative estimate of drug-likeness (QED) is 0.769. The van der Waals surface area contributed by atoms with Crippen molar-refractivity contribution >= 4 is 23.1 Å². The number of nitrogens with zero attached hydrogens (tertiary/aromatic N) is 2. The van der Waals surface area contributed by atoms with Gasteiger partial charge in [0.25, 0.3) is 0 Å². The summed E-state index contributed by atoms with van der Waals surface area (Å²) in [6.07, 6.45) is 0. The molecule has 0 saturated heterocycles. The molecule has 2 nitrogen and oxygen atoms in total. The minimum Gasteiger partial charge on any atom is -0.327 e. The Hall–Kier alpha value is -1.61. The molecular weight excluding hydrogens is 263 g/mol. The molecule has 1 aromatic heterocycles. The lowest BCUT2D eigenvalue weighted by Gasteiger charge is -2.23. The van der Waals surface area contributed by atoms with Gasteiger partial charge in [0.2, 0.25) is 0 Å². The minimum absolute atomic E-state index is 0.249. The standard InChI is InChI=1S/C15H16ClFN2/c1-3-19(14-6-4-5-13(17)9-14)15-8-12(10-16)7-11(2)18-15/h4-9H,3,10H2,1-2H3. The smallest absolute Gasteiger partial charge is 0.133 e. The predicted octanol–water partition coefficient (Wildman–Crippen LogP) is 4.43. The van der Waals surface area contributed by atoms with Crippen LogP contribution in [0.2, 0.25) is 0 Å². The molecule has 0 aliphatic carbocycles. The first-order chi connectivity index (χ1) is 9.13. The zero-order chi connectivity index (χ0) is 13.8. The largest absolute Gasteiger partial charge is 0.327 e. The summed E-state index contributed by atoms with van der Waals surface area (Å²) >= 11 is 5.88. The topological polar surface area (TPSA) is 16.1 Å². The molecule has 0 radical (unpaired) electrons. The lowest BCUT2D eigenvalue weighted by molar-refractivity contribution is 0.627. The molecule has 0 atom stereocenters. The minimum atomic E-state index is -0.249. The van der Waals surface area contributed by atoms with Gasteiger partial charge in [-0.3, -0.25) is 0 Å². The molecule has 19 heavy (non-hydrogen) atoms. The van der Waals surface area contributed by atoms with Crippen molar-refractivity contribution in [1.29, 1.82) is 0 Å². The van der Waals surface area contributed by atoms with Gasteiger partial charge in [0.15, 0.2) is 0 Å². The van der Waals surface area contributed by atoms with Gasteiger partial charge in [-0.2, -0.15) is 0 Å². The van der Waals surface area contributed by atoms with Crippen molar-refractivity contribution in [3.05, 3.63) is 53.5 Å². The fourth-order valence-corrected chi connectivity index (χ4v) is 2.21. The van der Waals surface area contributed by atoms with Crippen LogP contribution in [0.1, 0.15) is 18.2 Å². The van der Waals surface area contributed by atoms with Gasteiger partial charge in [0.1, 0.15) is 11.6 Å². The summed E-state index contributed by atoms with van der Waals surface area (Å²) in [4.78, 5) is 6.47. The molecule has 0 unspecified atom stereocenters. The van der Waals surface area contributed by atoms with Crippen LogP contribution in [0.3, 0.4) is 0 Å². The monoisotopic (exact) mass is 278 g/mol. The third-order valence-electron chi connectivity index (χ3n) is 2.87. The van der Waals surface area contributed by atoms with E-state index < -0.39 is 0 Å². The third kappa shape index (κ3) is 3.24. The van der Waals surface area contributed by atoms with Gasteiger partial charge in [0.05, 0.1) is 0 Å². The van der Waals surface area contributed by atoms with Crippen molar-refractivity contribution in [2.24, 2.45) is 0 Å². The number of hydrogen-bond acceptors (Lipinski definition) is 2. The zero-order valence-corrected chi connectivity index (χ0v) is 11.8. The molecule has 0 N–H and O–H groups in total. The molecule has 0 bridgehead atoms. The molecule has 0 aliphatic rings. The van der Waals surface area contributed by atoms with E-state index in [0.29, 0.717) is 12.4 Å². The second-order valence-corrected chi connectivity index (χ2v) is 4.60. The van der Waals surface area contributed by atoms with Crippen LogP contribution >= 0.6 is 11.6 Å². The van der Waals surface area contributed by atoms with Crippen LogP contribution in [0.15, 0.2) is 36.4 Å². The van der Waals surface area contributed by atoms with E-state index in [1.54, 1.807) is 6.07 Å². The number of anilines is 2. The predicted molar refractivity (Wildman–Crippen MR) is 77.6 cm³/mol. The summed E-state index contributed by atoms with van der Waals surface area (Å²) in [6.45, 7) is 4.65. The van der Waals surface area contributed by atoms with Crippen molar-refractivity contribution in [3.8, 4) is 0 Å². The summed E-state index contributed by atoms with van der Waals surface area (Å²) in [6, 6.07) is 10.4. The van der Waals surface area contributed by atoms with Crippen molar-refractivity contribution < 1.29 is 4.39 Å². The van der Waals surface area contributed by atoms with Crippen LogP contribution in [0.4, 0.5) is 15.9 Å². The summed E-state index contributed by atoms with van der Waals surface area (Å²) < 4.78 is 13.3. The molecule has 1 heterocycles. The molecule has 0 aliphatic heterocycles. The van der Waals surface area contributed by atoms with Crippen LogP contribution in [-0.4, -0.2) is 11.5 Å². The van der Waals surface area contributed by atoms with Crippen LogP contribution < -0.4 is 4.90 Å². The lowest BCUT2D eigenvalue weighted by atomic mass is 10.2.